The molecule has 1 unspecified atom stereocenters. The molecule has 1 fully saturated rings. The highest BCUT2D eigenvalue weighted by Gasteiger charge is 2.34. The number of amides is 2. The fraction of sp³-hybridized carbons (Fsp3) is 0.391. The number of hydrogen-bond acceptors (Lipinski definition) is 2. The molecule has 1 saturated carbocycles. The molecule has 1 N–H and O–H groups in total. The van der Waals surface area contributed by atoms with Gasteiger partial charge < -0.3 is 10.2 Å². The number of hydrogen-bond donors (Lipinski definition) is 1. The SMILES string of the molecule is CC(C1CC1)N(Cc1ccccc1)C(=O)CCNC(=O)Cc1ccccc1. The lowest BCUT2D eigenvalue weighted by molar-refractivity contribution is -0.134. The Hall–Kier alpha value is -2.62. The zero-order chi connectivity index (χ0) is 19.1. The molecule has 0 aromatic heterocycles. The van der Waals surface area contributed by atoms with Gasteiger partial charge in [-0.3, -0.25) is 9.59 Å². The summed E-state index contributed by atoms with van der Waals surface area (Å²) in [5, 5.41) is 2.88. The zero-order valence-electron chi connectivity index (χ0n) is 15.9. The van der Waals surface area contributed by atoms with Crippen LogP contribution in [0.5, 0.6) is 0 Å². The lowest BCUT2D eigenvalue weighted by Crippen LogP contribution is -2.41. The van der Waals surface area contributed by atoms with Crippen LogP contribution in [0.1, 0.15) is 37.3 Å². The molecule has 2 aromatic carbocycles. The first-order valence-corrected chi connectivity index (χ1v) is 9.77. The smallest absolute Gasteiger partial charge is 0.224 e. The van der Waals surface area contributed by atoms with Gasteiger partial charge in [0.15, 0.2) is 0 Å². The Labute approximate surface area is 161 Å². The highest BCUT2D eigenvalue weighted by atomic mass is 16.2. The van der Waals surface area contributed by atoms with E-state index in [2.05, 4.69) is 24.4 Å². The van der Waals surface area contributed by atoms with Crippen LogP contribution < -0.4 is 5.32 Å². The Morgan fingerprint density at radius 1 is 1.00 bits per heavy atom. The van der Waals surface area contributed by atoms with Gasteiger partial charge in [0, 0.05) is 25.6 Å². The van der Waals surface area contributed by atoms with Crippen LogP contribution in [0.15, 0.2) is 60.7 Å². The summed E-state index contributed by atoms with van der Waals surface area (Å²) in [6.07, 6.45) is 3.09. The average Bonchev–Trinajstić information content (AvgIpc) is 3.52. The summed E-state index contributed by atoms with van der Waals surface area (Å²) < 4.78 is 0. The summed E-state index contributed by atoms with van der Waals surface area (Å²) in [7, 11) is 0. The molecular weight excluding hydrogens is 336 g/mol. The molecule has 1 atom stereocenters. The Balaban J connectivity index is 1.50. The van der Waals surface area contributed by atoms with Gasteiger partial charge in [-0.05, 0) is 36.8 Å². The molecule has 3 rings (SSSR count). The standard InChI is InChI=1S/C23H28N2O2/c1-18(21-12-13-21)25(17-20-10-6-3-7-11-20)23(27)14-15-24-22(26)16-19-8-4-2-5-9-19/h2-11,18,21H,12-17H2,1H3,(H,24,26). The van der Waals surface area contributed by atoms with Gasteiger partial charge in [-0.2, -0.15) is 0 Å². The van der Waals surface area contributed by atoms with Crippen LogP contribution in [-0.4, -0.2) is 29.3 Å². The second-order valence-corrected chi connectivity index (χ2v) is 7.35. The van der Waals surface area contributed by atoms with Crippen molar-refractivity contribution in [3.8, 4) is 0 Å². The molecule has 0 heterocycles. The molecule has 1 aliphatic rings. The lowest BCUT2D eigenvalue weighted by Gasteiger charge is -2.30. The van der Waals surface area contributed by atoms with Crippen molar-refractivity contribution in [2.24, 2.45) is 5.92 Å². The van der Waals surface area contributed by atoms with Gasteiger partial charge in [-0.25, -0.2) is 0 Å². The van der Waals surface area contributed by atoms with Gasteiger partial charge in [0.25, 0.3) is 0 Å². The number of carbonyl (C=O) groups excluding carboxylic acids is 2. The molecule has 1 aliphatic carbocycles. The topological polar surface area (TPSA) is 49.4 Å². The molecule has 4 nitrogen and oxygen atoms in total. The molecule has 142 valence electrons. The highest BCUT2D eigenvalue weighted by molar-refractivity contribution is 5.80. The van der Waals surface area contributed by atoms with Crippen LogP contribution in [0.4, 0.5) is 0 Å². The van der Waals surface area contributed by atoms with Crippen LogP contribution in [-0.2, 0) is 22.6 Å². The number of nitrogens with one attached hydrogen (secondary N) is 1. The van der Waals surface area contributed by atoms with Crippen LogP contribution in [0.25, 0.3) is 0 Å². The Bertz CT molecular complexity index is 741. The van der Waals surface area contributed by atoms with Gasteiger partial charge in [-0.15, -0.1) is 0 Å². The zero-order valence-corrected chi connectivity index (χ0v) is 15.9. The second-order valence-electron chi connectivity index (χ2n) is 7.35. The fourth-order valence-electron chi connectivity index (χ4n) is 3.37. The van der Waals surface area contributed by atoms with E-state index >= 15 is 0 Å². The van der Waals surface area contributed by atoms with Crippen LogP contribution in [0.2, 0.25) is 0 Å². The predicted molar refractivity (Wildman–Crippen MR) is 107 cm³/mol. The monoisotopic (exact) mass is 364 g/mol. The van der Waals surface area contributed by atoms with Crippen molar-refractivity contribution in [2.45, 2.75) is 45.2 Å². The summed E-state index contributed by atoms with van der Waals surface area (Å²) in [5.74, 6) is 0.683. The number of carbonyl (C=O) groups is 2. The summed E-state index contributed by atoms with van der Waals surface area (Å²) >= 11 is 0. The molecule has 0 bridgehead atoms. The van der Waals surface area contributed by atoms with Crippen LogP contribution >= 0.6 is 0 Å². The van der Waals surface area contributed by atoms with Crippen LogP contribution in [0.3, 0.4) is 0 Å². The Morgan fingerprint density at radius 3 is 2.19 bits per heavy atom. The van der Waals surface area contributed by atoms with Crippen molar-refractivity contribution >= 4 is 11.8 Å². The van der Waals surface area contributed by atoms with Crippen molar-refractivity contribution in [3.05, 3.63) is 71.8 Å². The van der Waals surface area contributed by atoms with E-state index in [0.717, 1.165) is 11.1 Å². The minimum atomic E-state index is -0.0427. The number of benzene rings is 2. The number of nitrogens with zero attached hydrogens (tertiary/aromatic N) is 1. The maximum Gasteiger partial charge on any atom is 0.224 e. The average molecular weight is 364 g/mol. The fourth-order valence-corrected chi connectivity index (χ4v) is 3.37. The second kappa shape index (κ2) is 9.36. The minimum Gasteiger partial charge on any atom is -0.355 e. The van der Waals surface area contributed by atoms with Gasteiger partial charge in [0.2, 0.25) is 11.8 Å². The molecule has 0 spiro atoms. The molecule has 0 saturated heterocycles. The van der Waals surface area contributed by atoms with E-state index in [-0.39, 0.29) is 17.9 Å². The van der Waals surface area contributed by atoms with Crippen LogP contribution in [0, 0.1) is 5.92 Å². The van der Waals surface area contributed by atoms with Gasteiger partial charge in [0.05, 0.1) is 6.42 Å². The summed E-state index contributed by atoms with van der Waals surface area (Å²) in [6, 6.07) is 20.0. The van der Waals surface area contributed by atoms with E-state index in [0.29, 0.717) is 31.8 Å². The first-order valence-electron chi connectivity index (χ1n) is 9.77. The van der Waals surface area contributed by atoms with E-state index in [1.165, 1.54) is 12.8 Å². The van der Waals surface area contributed by atoms with Crippen molar-refractivity contribution in [1.82, 2.24) is 10.2 Å². The molecule has 27 heavy (non-hydrogen) atoms. The highest BCUT2D eigenvalue weighted by Crippen LogP contribution is 2.35. The summed E-state index contributed by atoms with van der Waals surface area (Å²) in [5.41, 5.74) is 2.13. The molecule has 0 radical (unpaired) electrons. The molecule has 2 amide bonds. The number of rotatable bonds is 9. The third-order valence-electron chi connectivity index (χ3n) is 5.18. The molecule has 4 heteroatoms. The van der Waals surface area contributed by atoms with Crippen molar-refractivity contribution in [2.75, 3.05) is 6.54 Å². The quantitative estimate of drug-likeness (QED) is 0.740. The normalized spacial score (nSPS) is 14.4. The van der Waals surface area contributed by atoms with Gasteiger partial charge in [-0.1, -0.05) is 60.7 Å². The van der Waals surface area contributed by atoms with E-state index < -0.39 is 0 Å². The maximum atomic E-state index is 12.8. The third-order valence-corrected chi connectivity index (χ3v) is 5.18. The Morgan fingerprint density at radius 2 is 1.59 bits per heavy atom. The van der Waals surface area contributed by atoms with E-state index in [1.54, 1.807) is 0 Å². The predicted octanol–water partition coefficient (Wildman–Crippen LogP) is 3.56. The third kappa shape index (κ3) is 5.95. The van der Waals surface area contributed by atoms with Crippen molar-refractivity contribution < 1.29 is 9.59 Å². The maximum absolute atomic E-state index is 12.8. The van der Waals surface area contributed by atoms with E-state index in [1.807, 2.05) is 53.4 Å². The minimum absolute atomic E-state index is 0.0427. The first-order chi connectivity index (χ1) is 13.1. The summed E-state index contributed by atoms with van der Waals surface area (Å²) in [4.78, 5) is 26.9. The largest absolute Gasteiger partial charge is 0.355 e. The van der Waals surface area contributed by atoms with E-state index in [9.17, 15) is 9.59 Å². The van der Waals surface area contributed by atoms with Gasteiger partial charge >= 0.3 is 0 Å². The van der Waals surface area contributed by atoms with Gasteiger partial charge in [0.1, 0.15) is 0 Å². The Kier molecular flexibility index (Phi) is 6.64. The van der Waals surface area contributed by atoms with Crippen molar-refractivity contribution in [1.29, 1.82) is 0 Å². The summed E-state index contributed by atoms with van der Waals surface area (Å²) in [6.45, 7) is 3.16. The van der Waals surface area contributed by atoms with E-state index in [4.69, 9.17) is 0 Å². The molecule has 0 aliphatic heterocycles. The first kappa shape index (κ1) is 19.2. The van der Waals surface area contributed by atoms with Crippen molar-refractivity contribution in [3.63, 3.8) is 0 Å². The molecule has 2 aromatic rings. The lowest BCUT2D eigenvalue weighted by atomic mass is 10.1. The molecular formula is C23H28N2O2.